The molecule has 1 atom stereocenters. The maximum absolute atomic E-state index is 12.7. The minimum absolute atomic E-state index is 0.00775. The average molecular weight is 355 g/mol. The third kappa shape index (κ3) is 4.60. The quantitative estimate of drug-likeness (QED) is 0.874. The van der Waals surface area contributed by atoms with Crippen LogP contribution in [-0.4, -0.2) is 58.5 Å². The number of rotatable bonds is 5. The van der Waals surface area contributed by atoms with Gasteiger partial charge in [0, 0.05) is 38.9 Å². The van der Waals surface area contributed by atoms with E-state index in [1.165, 1.54) is 0 Å². The molecule has 2 aliphatic rings. The Labute approximate surface area is 156 Å². The molecule has 6 nitrogen and oxygen atoms in total. The summed E-state index contributed by atoms with van der Waals surface area (Å²) in [6.45, 7) is 6.39. The number of nitrogens with zero attached hydrogens (tertiary/aromatic N) is 4. The van der Waals surface area contributed by atoms with Crippen molar-refractivity contribution in [2.45, 2.75) is 57.2 Å². The number of nitriles is 1. The molecule has 1 N–H and O–H groups in total. The summed E-state index contributed by atoms with van der Waals surface area (Å²) in [6.07, 6.45) is 6.59. The SMILES string of the molecule is CC(C(=O)NC1(C#N)CCCCC1)N1CCN(Cc2ccccn2)CC1. The first kappa shape index (κ1) is 18.8. The number of carbonyl (C=O) groups is 1. The smallest absolute Gasteiger partial charge is 0.238 e. The zero-order valence-corrected chi connectivity index (χ0v) is 15.7. The topological polar surface area (TPSA) is 72.3 Å². The van der Waals surface area contributed by atoms with Crippen LogP contribution in [0.2, 0.25) is 0 Å². The average Bonchev–Trinajstić information content (AvgIpc) is 2.69. The van der Waals surface area contributed by atoms with Crippen molar-refractivity contribution in [3.63, 3.8) is 0 Å². The first-order chi connectivity index (χ1) is 12.6. The number of amides is 1. The van der Waals surface area contributed by atoms with Crippen molar-refractivity contribution in [2.75, 3.05) is 26.2 Å². The predicted octanol–water partition coefficient (Wildman–Crippen LogP) is 1.93. The molecular formula is C20H29N5O. The van der Waals surface area contributed by atoms with Gasteiger partial charge in [-0.05, 0) is 31.9 Å². The summed E-state index contributed by atoms with van der Waals surface area (Å²) in [5, 5.41) is 12.6. The number of piperazine rings is 1. The molecule has 1 unspecified atom stereocenters. The minimum Gasteiger partial charge on any atom is -0.336 e. The fourth-order valence-corrected chi connectivity index (χ4v) is 3.96. The van der Waals surface area contributed by atoms with Crippen molar-refractivity contribution in [3.05, 3.63) is 30.1 Å². The number of carbonyl (C=O) groups excluding carboxylic acids is 1. The lowest BCUT2D eigenvalue weighted by atomic mass is 9.82. The van der Waals surface area contributed by atoms with Crippen LogP contribution in [-0.2, 0) is 11.3 Å². The first-order valence-corrected chi connectivity index (χ1v) is 9.71. The van der Waals surface area contributed by atoms with Gasteiger partial charge < -0.3 is 5.32 Å². The summed E-state index contributed by atoms with van der Waals surface area (Å²) in [5.74, 6) is -0.00775. The molecule has 0 aromatic carbocycles. The zero-order chi connectivity index (χ0) is 18.4. The number of nitrogens with one attached hydrogen (secondary N) is 1. The molecule has 1 amide bonds. The van der Waals surface area contributed by atoms with E-state index in [1.54, 1.807) is 0 Å². The third-order valence-corrected chi connectivity index (χ3v) is 5.73. The van der Waals surface area contributed by atoms with E-state index in [9.17, 15) is 10.1 Å². The molecule has 0 radical (unpaired) electrons. The molecule has 2 fully saturated rings. The van der Waals surface area contributed by atoms with Crippen molar-refractivity contribution < 1.29 is 4.79 Å². The highest BCUT2D eigenvalue weighted by Gasteiger charge is 2.36. The fourth-order valence-electron chi connectivity index (χ4n) is 3.96. The van der Waals surface area contributed by atoms with Gasteiger partial charge in [-0.3, -0.25) is 19.6 Å². The Kier molecular flexibility index (Phi) is 6.23. The monoisotopic (exact) mass is 355 g/mol. The summed E-state index contributed by atoms with van der Waals surface area (Å²) in [6, 6.07) is 8.18. The van der Waals surface area contributed by atoms with Crippen LogP contribution in [0.5, 0.6) is 0 Å². The van der Waals surface area contributed by atoms with E-state index in [0.29, 0.717) is 0 Å². The molecule has 26 heavy (non-hydrogen) atoms. The Bertz CT molecular complexity index is 627. The van der Waals surface area contributed by atoms with Crippen LogP contribution in [0.3, 0.4) is 0 Å². The van der Waals surface area contributed by atoms with Crippen molar-refractivity contribution >= 4 is 5.91 Å². The molecule has 1 aromatic heterocycles. The predicted molar refractivity (Wildman–Crippen MR) is 100 cm³/mol. The van der Waals surface area contributed by atoms with Gasteiger partial charge in [-0.1, -0.05) is 25.3 Å². The van der Waals surface area contributed by atoms with Gasteiger partial charge in [0.2, 0.25) is 5.91 Å². The van der Waals surface area contributed by atoms with Gasteiger partial charge in [0.05, 0.1) is 17.8 Å². The maximum Gasteiger partial charge on any atom is 0.238 e. The van der Waals surface area contributed by atoms with Crippen LogP contribution in [0.15, 0.2) is 24.4 Å². The van der Waals surface area contributed by atoms with Gasteiger partial charge in [-0.25, -0.2) is 0 Å². The summed E-state index contributed by atoms with van der Waals surface area (Å²) >= 11 is 0. The van der Waals surface area contributed by atoms with Crippen molar-refractivity contribution in [1.82, 2.24) is 20.1 Å². The molecule has 140 valence electrons. The number of hydrogen-bond donors (Lipinski definition) is 1. The molecule has 2 heterocycles. The lowest BCUT2D eigenvalue weighted by Crippen LogP contribution is -2.58. The Morgan fingerprint density at radius 3 is 2.62 bits per heavy atom. The number of aromatic nitrogens is 1. The van der Waals surface area contributed by atoms with E-state index >= 15 is 0 Å². The standard InChI is InChI=1S/C20H29N5O/c1-17(19(26)23-20(16-21)8-4-2-5-9-20)25-13-11-24(12-14-25)15-18-7-3-6-10-22-18/h3,6-7,10,17H,2,4-5,8-9,11-15H2,1H3,(H,23,26). The van der Waals surface area contributed by atoms with Crippen LogP contribution in [0.4, 0.5) is 0 Å². The molecule has 1 aliphatic carbocycles. The third-order valence-electron chi connectivity index (χ3n) is 5.73. The van der Waals surface area contributed by atoms with E-state index in [-0.39, 0.29) is 11.9 Å². The van der Waals surface area contributed by atoms with Crippen LogP contribution in [0, 0.1) is 11.3 Å². The van der Waals surface area contributed by atoms with E-state index < -0.39 is 5.54 Å². The number of hydrogen-bond acceptors (Lipinski definition) is 5. The molecule has 0 spiro atoms. The normalized spacial score (nSPS) is 22.3. The van der Waals surface area contributed by atoms with Crippen LogP contribution >= 0.6 is 0 Å². The van der Waals surface area contributed by atoms with Gasteiger partial charge in [0.15, 0.2) is 0 Å². The van der Waals surface area contributed by atoms with Crippen LogP contribution in [0.1, 0.15) is 44.7 Å². The van der Waals surface area contributed by atoms with E-state index in [1.807, 2.05) is 31.3 Å². The second-order valence-electron chi connectivity index (χ2n) is 7.55. The van der Waals surface area contributed by atoms with Gasteiger partial charge in [0.25, 0.3) is 0 Å². The molecule has 1 saturated carbocycles. The Hall–Kier alpha value is -1.97. The maximum atomic E-state index is 12.7. The van der Waals surface area contributed by atoms with E-state index in [4.69, 9.17) is 0 Å². The van der Waals surface area contributed by atoms with Gasteiger partial charge in [-0.2, -0.15) is 5.26 Å². The zero-order valence-electron chi connectivity index (χ0n) is 15.7. The second-order valence-corrected chi connectivity index (χ2v) is 7.55. The molecule has 0 bridgehead atoms. The lowest BCUT2D eigenvalue weighted by molar-refractivity contribution is -0.128. The van der Waals surface area contributed by atoms with Crippen LogP contribution < -0.4 is 5.32 Å². The van der Waals surface area contributed by atoms with Crippen molar-refractivity contribution in [2.24, 2.45) is 0 Å². The summed E-state index contributed by atoms with van der Waals surface area (Å²) in [5.41, 5.74) is 0.435. The molecule has 6 heteroatoms. The fraction of sp³-hybridized carbons (Fsp3) is 0.650. The molecule has 1 saturated heterocycles. The summed E-state index contributed by atoms with van der Waals surface area (Å²) < 4.78 is 0. The van der Waals surface area contributed by atoms with Gasteiger partial charge in [-0.15, -0.1) is 0 Å². The highest BCUT2D eigenvalue weighted by atomic mass is 16.2. The summed E-state index contributed by atoms with van der Waals surface area (Å²) in [4.78, 5) is 21.7. The Morgan fingerprint density at radius 2 is 2.00 bits per heavy atom. The van der Waals surface area contributed by atoms with Crippen LogP contribution in [0.25, 0.3) is 0 Å². The number of pyridine rings is 1. The molecule has 1 aliphatic heterocycles. The summed E-state index contributed by atoms with van der Waals surface area (Å²) in [7, 11) is 0. The minimum atomic E-state index is -0.648. The van der Waals surface area contributed by atoms with E-state index in [2.05, 4.69) is 26.2 Å². The Morgan fingerprint density at radius 1 is 1.27 bits per heavy atom. The second kappa shape index (κ2) is 8.61. The van der Waals surface area contributed by atoms with Crippen molar-refractivity contribution in [3.8, 4) is 6.07 Å². The molecular weight excluding hydrogens is 326 g/mol. The molecule has 3 rings (SSSR count). The van der Waals surface area contributed by atoms with E-state index in [0.717, 1.165) is 70.5 Å². The largest absolute Gasteiger partial charge is 0.336 e. The van der Waals surface area contributed by atoms with Crippen molar-refractivity contribution in [1.29, 1.82) is 5.26 Å². The highest BCUT2D eigenvalue weighted by molar-refractivity contribution is 5.82. The van der Waals surface area contributed by atoms with Gasteiger partial charge in [0.1, 0.15) is 5.54 Å². The lowest BCUT2D eigenvalue weighted by Gasteiger charge is -2.39. The highest BCUT2D eigenvalue weighted by Crippen LogP contribution is 2.27. The first-order valence-electron chi connectivity index (χ1n) is 9.71. The van der Waals surface area contributed by atoms with Gasteiger partial charge >= 0.3 is 0 Å². The Balaban J connectivity index is 1.49. The molecule has 1 aromatic rings.